The van der Waals surface area contributed by atoms with Gasteiger partial charge in [0.15, 0.2) is 0 Å². The van der Waals surface area contributed by atoms with Gasteiger partial charge in [0.2, 0.25) is 0 Å². The largest absolute Gasteiger partial charge is 0.309 e. The third kappa shape index (κ3) is 7.60. The lowest BCUT2D eigenvalue weighted by atomic mass is 9.85. The summed E-state index contributed by atoms with van der Waals surface area (Å²) in [5.74, 6) is 0.926. The van der Waals surface area contributed by atoms with Crippen LogP contribution in [0, 0.1) is 0 Å². The molecule has 76 heavy (non-hydrogen) atoms. The molecule has 0 atom stereocenters. The van der Waals surface area contributed by atoms with Crippen molar-refractivity contribution >= 4 is 76.5 Å². The maximum Gasteiger partial charge on any atom is 0.145 e. The summed E-state index contributed by atoms with van der Waals surface area (Å²) < 4.78 is 9.74. The van der Waals surface area contributed by atoms with Crippen LogP contribution in [0.25, 0.3) is 111 Å². The third-order valence-electron chi connectivity index (χ3n) is 16.2. The number of rotatable bonds is 5. The highest BCUT2D eigenvalue weighted by molar-refractivity contribution is 6.14. The van der Waals surface area contributed by atoms with Crippen LogP contribution in [-0.4, -0.2) is 23.3 Å². The highest BCUT2D eigenvalue weighted by Crippen LogP contribution is 2.43. The molecule has 13 aromatic rings. The van der Waals surface area contributed by atoms with Crippen molar-refractivity contribution in [1.82, 2.24) is 23.3 Å². The molecule has 0 unspecified atom stereocenters. The summed E-state index contributed by atoms with van der Waals surface area (Å²) >= 11 is 0. The monoisotopic (exact) mass is 990 g/mol. The van der Waals surface area contributed by atoms with Gasteiger partial charge in [-0.3, -0.25) is 4.57 Å². The molecule has 5 nitrogen and oxygen atoms in total. The summed E-state index contributed by atoms with van der Waals surface area (Å²) in [6, 6.07) is 70.8. The fraction of sp³-hybridized carbons (Fsp3) is 0.225. The molecule has 0 aliphatic heterocycles. The number of imidazole rings is 1. The van der Waals surface area contributed by atoms with E-state index < -0.39 is 0 Å². The molecule has 0 saturated carbocycles. The topological polar surface area (TPSA) is 32.6 Å². The van der Waals surface area contributed by atoms with Gasteiger partial charge >= 0.3 is 0 Å². The number of hydrogen-bond donors (Lipinski definition) is 0. The Kier molecular flexibility index (Phi) is 10.4. The van der Waals surface area contributed by atoms with Gasteiger partial charge in [-0.15, -0.1) is 0 Å². The van der Waals surface area contributed by atoms with E-state index in [1.54, 1.807) is 0 Å². The average molecular weight is 990 g/mol. The van der Waals surface area contributed by atoms with Crippen LogP contribution in [0.3, 0.4) is 0 Å². The van der Waals surface area contributed by atoms with Crippen molar-refractivity contribution in [2.24, 2.45) is 0 Å². The smallest absolute Gasteiger partial charge is 0.145 e. The molecule has 0 N–H and O–H groups in total. The van der Waals surface area contributed by atoms with Crippen molar-refractivity contribution < 1.29 is 0 Å². The second-order valence-corrected chi connectivity index (χ2v) is 25.5. The molecule has 376 valence electrons. The van der Waals surface area contributed by atoms with Crippen LogP contribution >= 0.6 is 0 Å². The van der Waals surface area contributed by atoms with E-state index in [-0.39, 0.29) is 21.7 Å². The summed E-state index contributed by atoms with van der Waals surface area (Å²) in [5.41, 5.74) is 20.1. The molecule has 5 heteroatoms. The van der Waals surface area contributed by atoms with Gasteiger partial charge in [-0.2, -0.15) is 0 Å². The number of nitrogens with zero attached hydrogens (tertiary/aromatic N) is 5. The Morgan fingerprint density at radius 3 is 0.947 bits per heavy atom. The molecule has 0 aliphatic carbocycles. The molecule has 9 aromatic carbocycles. The number of hydrogen-bond acceptors (Lipinski definition) is 1. The Labute approximate surface area is 446 Å². The molecule has 0 saturated heterocycles. The van der Waals surface area contributed by atoms with Crippen LogP contribution in [0.1, 0.15) is 105 Å². The quantitative estimate of drug-likeness (QED) is 0.169. The van der Waals surface area contributed by atoms with E-state index in [0.717, 1.165) is 56.2 Å². The van der Waals surface area contributed by atoms with Crippen LogP contribution in [-0.2, 0) is 21.7 Å². The van der Waals surface area contributed by atoms with Gasteiger partial charge in [-0.05, 0) is 165 Å². The first-order chi connectivity index (χ1) is 36.2. The van der Waals surface area contributed by atoms with Crippen molar-refractivity contribution in [3.8, 4) is 34.1 Å². The molecule has 4 heterocycles. The fourth-order valence-corrected chi connectivity index (χ4v) is 11.8. The lowest BCUT2D eigenvalue weighted by Crippen LogP contribution is -2.10. The zero-order valence-electron chi connectivity index (χ0n) is 46.1. The Bertz CT molecular complexity index is 4110. The lowest BCUT2D eigenvalue weighted by molar-refractivity contribution is 0.590. The van der Waals surface area contributed by atoms with Gasteiger partial charge in [0.25, 0.3) is 0 Å². The molecule has 0 radical (unpaired) electrons. The number of para-hydroxylation sites is 2. The van der Waals surface area contributed by atoms with E-state index in [1.807, 2.05) is 0 Å². The minimum absolute atomic E-state index is 0.0117. The Morgan fingerprint density at radius 1 is 0.263 bits per heavy atom. The van der Waals surface area contributed by atoms with E-state index in [4.69, 9.17) is 4.98 Å². The van der Waals surface area contributed by atoms with Crippen LogP contribution < -0.4 is 0 Å². The van der Waals surface area contributed by atoms with Gasteiger partial charge in [-0.25, -0.2) is 4.98 Å². The van der Waals surface area contributed by atoms with Crippen molar-refractivity contribution in [3.05, 3.63) is 210 Å². The molecule has 0 amide bonds. The van der Waals surface area contributed by atoms with Gasteiger partial charge in [0.1, 0.15) is 5.82 Å². The van der Waals surface area contributed by atoms with E-state index in [0.29, 0.717) is 0 Å². The van der Waals surface area contributed by atoms with Crippen molar-refractivity contribution in [3.63, 3.8) is 0 Å². The van der Waals surface area contributed by atoms with E-state index >= 15 is 0 Å². The summed E-state index contributed by atoms with van der Waals surface area (Å²) in [6.07, 6.45) is 0. The van der Waals surface area contributed by atoms with Crippen molar-refractivity contribution in [2.75, 3.05) is 0 Å². The molecule has 0 aliphatic rings. The predicted octanol–water partition coefficient (Wildman–Crippen LogP) is 19.2. The zero-order valence-corrected chi connectivity index (χ0v) is 46.1. The summed E-state index contributed by atoms with van der Waals surface area (Å²) in [5, 5.41) is 7.54. The number of aromatic nitrogens is 5. The van der Waals surface area contributed by atoms with Gasteiger partial charge < -0.3 is 13.7 Å². The first-order valence-corrected chi connectivity index (χ1v) is 27.1. The Morgan fingerprint density at radius 2 is 0.566 bits per heavy atom. The Hall–Kier alpha value is -8.15. The number of benzene rings is 9. The number of fused-ring (bicyclic) bond motifs is 10. The summed E-state index contributed by atoms with van der Waals surface area (Å²) in [7, 11) is 0. The predicted molar refractivity (Wildman–Crippen MR) is 324 cm³/mol. The highest BCUT2D eigenvalue weighted by atomic mass is 15.1. The first kappa shape index (κ1) is 47.6. The van der Waals surface area contributed by atoms with Crippen LogP contribution in [0.15, 0.2) is 188 Å². The molecule has 0 fully saturated rings. The maximum absolute atomic E-state index is 5.16. The fourth-order valence-electron chi connectivity index (χ4n) is 11.8. The van der Waals surface area contributed by atoms with Crippen LogP contribution in [0.5, 0.6) is 0 Å². The second-order valence-electron chi connectivity index (χ2n) is 25.5. The minimum atomic E-state index is 0.0117. The average Bonchev–Trinajstić information content (AvgIpc) is 4.34. The summed E-state index contributed by atoms with van der Waals surface area (Å²) in [4.78, 5) is 5.16. The maximum atomic E-state index is 5.16. The molecular weight excluding hydrogens is 923 g/mol. The normalized spacial score (nSPS) is 13.0. The standard InChI is InChI=1S/C71H67N5/c1-68(2,3)45-22-32-60-53(38-45)54-39-46(69(4,5)6)23-33-61(54)74(60)51-30-36-64-57(42-51)58-43-52(75-62-34-24-47(70(7,8)9)40-55(62)56-41-48(71(10,11)12)25-35-63(56)75)31-37-65(58)73(64)49-26-28-50(29-27-49)76-66-21-17-16-20-59(66)72-67(76)44-18-14-13-15-19-44/h13-43H,1-12H3. The Balaban J connectivity index is 1.06. The van der Waals surface area contributed by atoms with E-state index in [9.17, 15) is 0 Å². The SMILES string of the molecule is CC(C)(C)c1ccc2c(c1)c1cc(C(C)(C)C)ccc1n2-c1ccc2c(c1)c1cc(-n3c4ccc(C(C)(C)C)cc4c4cc(C(C)(C)C)ccc43)ccc1n2-c1ccc(-n2c(-c3ccccc3)nc3ccccc32)cc1. The summed E-state index contributed by atoms with van der Waals surface area (Å²) in [6.45, 7) is 27.7. The lowest BCUT2D eigenvalue weighted by Gasteiger charge is -2.19. The molecular formula is C71H67N5. The molecule has 0 bridgehead atoms. The van der Waals surface area contributed by atoms with Crippen LogP contribution in [0.4, 0.5) is 0 Å². The van der Waals surface area contributed by atoms with Crippen molar-refractivity contribution in [2.45, 2.75) is 105 Å². The molecule has 0 spiro atoms. The van der Waals surface area contributed by atoms with Gasteiger partial charge in [-0.1, -0.05) is 150 Å². The highest BCUT2D eigenvalue weighted by Gasteiger charge is 2.25. The molecule has 4 aromatic heterocycles. The van der Waals surface area contributed by atoms with Gasteiger partial charge in [0.05, 0.1) is 44.1 Å². The second kappa shape index (κ2) is 16.7. The third-order valence-corrected chi connectivity index (χ3v) is 16.2. The zero-order chi connectivity index (χ0) is 52.8. The van der Waals surface area contributed by atoms with Crippen molar-refractivity contribution in [1.29, 1.82) is 0 Å². The first-order valence-electron chi connectivity index (χ1n) is 27.1. The van der Waals surface area contributed by atoms with E-state index in [1.165, 1.54) is 76.6 Å². The minimum Gasteiger partial charge on any atom is -0.309 e. The van der Waals surface area contributed by atoms with E-state index in [2.05, 4.69) is 289 Å². The molecule has 13 rings (SSSR count). The van der Waals surface area contributed by atoms with Gasteiger partial charge in [0, 0.05) is 60.6 Å². The van der Waals surface area contributed by atoms with Crippen LogP contribution in [0.2, 0.25) is 0 Å².